The van der Waals surface area contributed by atoms with Crippen molar-refractivity contribution in [2.45, 2.75) is 32.1 Å². The fraction of sp³-hybridized carbons (Fsp3) is 0.417. The minimum atomic E-state index is -0.802. The fourth-order valence-electron chi connectivity index (χ4n) is 1.32. The summed E-state index contributed by atoms with van der Waals surface area (Å²) in [7, 11) is 0. The van der Waals surface area contributed by atoms with Crippen LogP contribution in [0.3, 0.4) is 0 Å². The number of carboxylic acid groups (broad SMARTS) is 1. The van der Waals surface area contributed by atoms with Gasteiger partial charge in [-0.05, 0) is 18.9 Å². The van der Waals surface area contributed by atoms with Crippen LogP contribution in [0, 0.1) is 0 Å². The van der Waals surface area contributed by atoms with Crippen molar-refractivity contribution in [2.24, 2.45) is 5.10 Å². The Bertz CT molecular complexity index is 398. The Morgan fingerprint density at radius 2 is 2.11 bits per heavy atom. The SMILES string of the molecule is O=C(O)CCCCCC(=O)N/N=C/c1ccoc1. The third kappa shape index (κ3) is 6.47. The number of carbonyl (C=O) groups excluding carboxylic acids is 1. The van der Waals surface area contributed by atoms with Gasteiger partial charge in [0, 0.05) is 18.4 Å². The summed E-state index contributed by atoms with van der Waals surface area (Å²) in [6, 6.07) is 1.72. The smallest absolute Gasteiger partial charge is 0.303 e. The summed E-state index contributed by atoms with van der Waals surface area (Å²) in [6.07, 6.45) is 7.02. The molecule has 0 fully saturated rings. The molecule has 0 saturated heterocycles. The average Bonchev–Trinajstić information content (AvgIpc) is 2.81. The van der Waals surface area contributed by atoms with E-state index in [4.69, 9.17) is 9.52 Å². The Hall–Kier alpha value is -2.11. The van der Waals surface area contributed by atoms with Crippen LogP contribution >= 0.6 is 0 Å². The van der Waals surface area contributed by atoms with Crippen LogP contribution in [0.2, 0.25) is 0 Å². The number of nitrogens with one attached hydrogen (secondary N) is 1. The molecule has 0 aromatic carbocycles. The summed E-state index contributed by atoms with van der Waals surface area (Å²) in [5.41, 5.74) is 3.17. The number of hydrogen-bond acceptors (Lipinski definition) is 4. The first-order valence-corrected chi connectivity index (χ1v) is 5.74. The summed E-state index contributed by atoms with van der Waals surface area (Å²) in [5.74, 6) is -0.978. The molecule has 0 radical (unpaired) electrons. The minimum Gasteiger partial charge on any atom is -0.481 e. The molecule has 0 saturated carbocycles. The molecular weight excluding hydrogens is 236 g/mol. The lowest BCUT2D eigenvalue weighted by Gasteiger charge is -1.99. The summed E-state index contributed by atoms with van der Waals surface area (Å²) in [5, 5.41) is 12.2. The average molecular weight is 252 g/mol. The molecule has 6 nitrogen and oxygen atoms in total. The van der Waals surface area contributed by atoms with Crippen LogP contribution in [0.25, 0.3) is 0 Å². The van der Waals surface area contributed by atoms with Crippen LogP contribution in [0.15, 0.2) is 28.1 Å². The number of unbranched alkanes of at least 4 members (excludes halogenated alkanes) is 2. The highest BCUT2D eigenvalue weighted by Crippen LogP contribution is 2.02. The third-order valence-electron chi connectivity index (χ3n) is 2.24. The summed E-state index contributed by atoms with van der Waals surface area (Å²) >= 11 is 0. The number of carboxylic acids is 1. The molecule has 0 aliphatic rings. The highest BCUT2D eigenvalue weighted by molar-refractivity contribution is 5.81. The van der Waals surface area contributed by atoms with E-state index in [1.165, 1.54) is 18.7 Å². The Morgan fingerprint density at radius 1 is 1.33 bits per heavy atom. The minimum absolute atomic E-state index is 0.153. The quantitative estimate of drug-likeness (QED) is 0.419. The molecule has 0 bridgehead atoms. The molecule has 1 amide bonds. The normalized spacial score (nSPS) is 10.7. The van der Waals surface area contributed by atoms with E-state index in [0.29, 0.717) is 19.3 Å². The molecule has 2 N–H and O–H groups in total. The second-order valence-corrected chi connectivity index (χ2v) is 3.80. The third-order valence-corrected chi connectivity index (χ3v) is 2.24. The van der Waals surface area contributed by atoms with Crippen molar-refractivity contribution in [1.29, 1.82) is 0 Å². The maximum atomic E-state index is 11.3. The van der Waals surface area contributed by atoms with Crippen LogP contribution in [0.4, 0.5) is 0 Å². The van der Waals surface area contributed by atoms with Crippen molar-refractivity contribution in [3.05, 3.63) is 24.2 Å². The maximum Gasteiger partial charge on any atom is 0.303 e. The van der Waals surface area contributed by atoms with Crippen LogP contribution < -0.4 is 5.43 Å². The number of aliphatic carboxylic acids is 1. The zero-order chi connectivity index (χ0) is 13.2. The van der Waals surface area contributed by atoms with E-state index in [2.05, 4.69) is 10.5 Å². The second-order valence-electron chi connectivity index (χ2n) is 3.80. The number of hydrogen-bond donors (Lipinski definition) is 2. The van der Waals surface area contributed by atoms with Gasteiger partial charge in [0.1, 0.15) is 0 Å². The molecule has 0 atom stereocenters. The van der Waals surface area contributed by atoms with Crippen molar-refractivity contribution >= 4 is 18.1 Å². The maximum absolute atomic E-state index is 11.3. The molecule has 0 aliphatic heterocycles. The molecule has 6 heteroatoms. The number of nitrogens with zero attached hydrogens (tertiary/aromatic N) is 1. The van der Waals surface area contributed by atoms with Gasteiger partial charge in [0.25, 0.3) is 0 Å². The predicted octanol–water partition coefficient (Wildman–Crippen LogP) is 1.76. The molecule has 1 heterocycles. The van der Waals surface area contributed by atoms with Crippen molar-refractivity contribution in [3.8, 4) is 0 Å². The second kappa shape index (κ2) is 8.05. The number of rotatable bonds is 8. The van der Waals surface area contributed by atoms with E-state index in [1.807, 2.05) is 0 Å². The van der Waals surface area contributed by atoms with Gasteiger partial charge in [-0.2, -0.15) is 5.10 Å². The Labute approximate surface area is 105 Å². The van der Waals surface area contributed by atoms with E-state index < -0.39 is 5.97 Å². The van der Waals surface area contributed by atoms with Gasteiger partial charge in [-0.1, -0.05) is 6.42 Å². The highest BCUT2D eigenvalue weighted by atomic mass is 16.4. The van der Waals surface area contributed by atoms with Gasteiger partial charge in [0.15, 0.2) is 0 Å². The first kappa shape index (κ1) is 14.0. The van der Waals surface area contributed by atoms with E-state index >= 15 is 0 Å². The monoisotopic (exact) mass is 252 g/mol. The van der Waals surface area contributed by atoms with Gasteiger partial charge >= 0.3 is 5.97 Å². The summed E-state index contributed by atoms with van der Waals surface area (Å²) in [6.45, 7) is 0. The van der Waals surface area contributed by atoms with Gasteiger partial charge in [0.05, 0.1) is 18.7 Å². The fourth-order valence-corrected chi connectivity index (χ4v) is 1.32. The standard InChI is InChI=1S/C12H16N2O4/c15-11(4-2-1-3-5-12(16)17)14-13-8-10-6-7-18-9-10/h6-9H,1-5H2,(H,14,15)(H,16,17)/b13-8+. The molecule has 1 aromatic rings. The molecule has 1 rings (SSSR count). The lowest BCUT2D eigenvalue weighted by Crippen LogP contribution is -2.16. The molecule has 0 aliphatic carbocycles. The lowest BCUT2D eigenvalue weighted by atomic mass is 10.1. The number of furan rings is 1. The van der Waals surface area contributed by atoms with Crippen LogP contribution in [-0.2, 0) is 9.59 Å². The number of amides is 1. The van der Waals surface area contributed by atoms with Crippen molar-refractivity contribution in [3.63, 3.8) is 0 Å². The van der Waals surface area contributed by atoms with E-state index in [0.717, 1.165) is 12.0 Å². The van der Waals surface area contributed by atoms with Crippen molar-refractivity contribution < 1.29 is 19.1 Å². The Balaban J connectivity index is 2.05. The highest BCUT2D eigenvalue weighted by Gasteiger charge is 2.01. The summed E-state index contributed by atoms with van der Waals surface area (Å²) < 4.78 is 4.83. The van der Waals surface area contributed by atoms with Gasteiger partial charge in [-0.25, -0.2) is 5.43 Å². The molecular formula is C12H16N2O4. The molecule has 0 unspecified atom stereocenters. The number of hydrazone groups is 1. The number of carbonyl (C=O) groups is 2. The van der Waals surface area contributed by atoms with Crippen LogP contribution in [-0.4, -0.2) is 23.2 Å². The predicted molar refractivity (Wildman–Crippen MR) is 65.2 cm³/mol. The van der Waals surface area contributed by atoms with Crippen molar-refractivity contribution in [2.75, 3.05) is 0 Å². The van der Waals surface area contributed by atoms with Gasteiger partial charge in [-0.15, -0.1) is 0 Å². The van der Waals surface area contributed by atoms with E-state index in [1.54, 1.807) is 6.07 Å². The molecule has 1 aromatic heterocycles. The van der Waals surface area contributed by atoms with Crippen molar-refractivity contribution in [1.82, 2.24) is 5.43 Å². The van der Waals surface area contributed by atoms with Gasteiger partial charge in [-0.3, -0.25) is 9.59 Å². The first-order valence-electron chi connectivity index (χ1n) is 5.74. The van der Waals surface area contributed by atoms with E-state index in [-0.39, 0.29) is 12.3 Å². The molecule has 98 valence electrons. The topological polar surface area (TPSA) is 91.9 Å². The van der Waals surface area contributed by atoms with Crippen LogP contribution in [0.5, 0.6) is 0 Å². The lowest BCUT2D eigenvalue weighted by molar-refractivity contribution is -0.137. The Kier molecular flexibility index (Phi) is 6.24. The molecule has 18 heavy (non-hydrogen) atoms. The van der Waals surface area contributed by atoms with Gasteiger partial charge in [0.2, 0.25) is 5.91 Å². The zero-order valence-corrected chi connectivity index (χ0v) is 9.96. The van der Waals surface area contributed by atoms with Gasteiger partial charge < -0.3 is 9.52 Å². The van der Waals surface area contributed by atoms with Crippen LogP contribution in [0.1, 0.15) is 37.7 Å². The molecule has 0 spiro atoms. The summed E-state index contributed by atoms with van der Waals surface area (Å²) in [4.78, 5) is 21.5. The van der Waals surface area contributed by atoms with E-state index in [9.17, 15) is 9.59 Å². The largest absolute Gasteiger partial charge is 0.481 e. The first-order chi connectivity index (χ1) is 8.68. The zero-order valence-electron chi connectivity index (χ0n) is 9.96. The Morgan fingerprint density at radius 3 is 2.78 bits per heavy atom.